The second kappa shape index (κ2) is 4.21. The number of nitrogens with two attached hydrogens (primary N) is 1. The highest BCUT2D eigenvalue weighted by Gasteiger charge is 2.10. The Morgan fingerprint density at radius 3 is 2.77 bits per heavy atom. The predicted octanol–water partition coefficient (Wildman–Crippen LogP) is 1.18. The Bertz CT molecular complexity index is 342. The van der Waals surface area contributed by atoms with Gasteiger partial charge in [-0.05, 0) is 17.9 Å². The molecule has 0 amide bonds. The van der Waals surface area contributed by atoms with Gasteiger partial charge in [-0.3, -0.25) is 0 Å². The van der Waals surface area contributed by atoms with Gasteiger partial charge in [-0.2, -0.15) is 0 Å². The molecule has 0 aliphatic heterocycles. The molecule has 2 N–H and O–H groups in total. The molecule has 0 spiro atoms. The summed E-state index contributed by atoms with van der Waals surface area (Å²) in [6, 6.07) is 3.70. The lowest BCUT2D eigenvalue weighted by Gasteiger charge is -2.07. The van der Waals surface area contributed by atoms with E-state index in [1.54, 1.807) is 11.3 Å². The highest BCUT2D eigenvalue weighted by molar-refractivity contribution is 7.90. The Balaban J connectivity index is 2.48. The van der Waals surface area contributed by atoms with Gasteiger partial charge in [-0.1, -0.05) is 6.07 Å². The van der Waals surface area contributed by atoms with Crippen LogP contribution < -0.4 is 5.73 Å². The van der Waals surface area contributed by atoms with Crippen LogP contribution in [-0.2, 0) is 9.84 Å². The standard InChI is InChI=1S/C8H13NO2S2/c1-13(10,11)6-4-7(9)8-3-2-5-12-8/h2-3,5,7H,4,6,9H2,1H3. The highest BCUT2D eigenvalue weighted by Crippen LogP contribution is 2.19. The first-order valence-electron chi connectivity index (χ1n) is 3.96. The predicted molar refractivity (Wildman–Crippen MR) is 55.6 cm³/mol. The van der Waals surface area contributed by atoms with Crippen LogP contribution in [0.2, 0.25) is 0 Å². The fourth-order valence-corrected chi connectivity index (χ4v) is 2.43. The quantitative estimate of drug-likeness (QED) is 0.827. The molecule has 0 fully saturated rings. The summed E-state index contributed by atoms with van der Waals surface area (Å²) in [4.78, 5) is 1.05. The van der Waals surface area contributed by atoms with Crippen LogP contribution in [-0.4, -0.2) is 20.4 Å². The van der Waals surface area contributed by atoms with Gasteiger partial charge in [0.1, 0.15) is 9.84 Å². The maximum Gasteiger partial charge on any atom is 0.147 e. The summed E-state index contributed by atoms with van der Waals surface area (Å²) < 4.78 is 21.7. The Hall–Kier alpha value is -0.390. The van der Waals surface area contributed by atoms with Gasteiger partial charge in [0.05, 0.1) is 5.75 Å². The van der Waals surface area contributed by atoms with Crippen molar-refractivity contribution in [2.75, 3.05) is 12.0 Å². The average molecular weight is 219 g/mol. The van der Waals surface area contributed by atoms with E-state index in [4.69, 9.17) is 5.73 Å². The molecular formula is C8H13NO2S2. The maximum absolute atomic E-state index is 10.9. The molecule has 74 valence electrons. The average Bonchev–Trinajstić information content (AvgIpc) is 2.50. The molecule has 0 radical (unpaired) electrons. The largest absolute Gasteiger partial charge is 0.323 e. The Morgan fingerprint density at radius 1 is 1.62 bits per heavy atom. The van der Waals surface area contributed by atoms with Crippen molar-refractivity contribution in [1.29, 1.82) is 0 Å². The van der Waals surface area contributed by atoms with Crippen molar-refractivity contribution in [3.8, 4) is 0 Å². The molecule has 5 heteroatoms. The lowest BCUT2D eigenvalue weighted by atomic mass is 10.2. The van der Waals surface area contributed by atoms with E-state index in [2.05, 4.69) is 0 Å². The second-order valence-corrected chi connectivity index (χ2v) is 6.28. The number of thiophene rings is 1. The van der Waals surface area contributed by atoms with Crippen LogP contribution >= 0.6 is 11.3 Å². The molecular weight excluding hydrogens is 206 g/mol. The van der Waals surface area contributed by atoms with Crippen molar-refractivity contribution < 1.29 is 8.42 Å². The third-order valence-electron chi connectivity index (χ3n) is 1.71. The molecule has 0 aromatic carbocycles. The summed E-state index contributed by atoms with van der Waals surface area (Å²) in [6.45, 7) is 0. The summed E-state index contributed by atoms with van der Waals surface area (Å²) >= 11 is 1.56. The zero-order valence-corrected chi connectivity index (χ0v) is 9.07. The van der Waals surface area contributed by atoms with E-state index in [9.17, 15) is 8.42 Å². The molecule has 0 saturated heterocycles. The fraction of sp³-hybridized carbons (Fsp3) is 0.500. The Labute approximate surface area is 82.5 Å². The Morgan fingerprint density at radius 2 is 2.31 bits per heavy atom. The van der Waals surface area contributed by atoms with Gasteiger partial charge in [0.2, 0.25) is 0 Å². The molecule has 1 aromatic rings. The van der Waals surface area contributed by atoms with Gasteiger partial charge in [0, 0.05) is 17.2 Å². The Kier molecular flexibility index (Phi) is 3.47. The SMILES string of the molecule is CS(=O)(=O)CCC(N)c1cccs1. The van der Waals surface area contributed by atoms with E-state index in [1.807, 2.05) is 17.5 Å². The van der Waals surface area contributed by atoms with Crippen molar-refractivity contribution in [3.05, 3.63) is 22.4 Å². The van der Waals surface area contributed by atoms with E-state index in [0.717, 1.165) is 4.88 Å². The minimum atomic E-state index is -2.89. The molecule has 13 heavy (non-hydrogen) atoms. The smallest absolute Gasteiger partial charge is 0.147 e. The summed E-state index contributed by atoms with van der Waals surface area (Å²) in [6.07, 6.45) is 1.73. The van der Waals surface area contributed by atoms with E-state index in [0.29, 0.717) is 6.42 Å². The van der Waals surface area contributed by atoms with Gasteiger partial charge in [-0.25, -0.2) is 8.42 Å². The first kappa shape index (κ1) is 10.7. The number of rotatable bonds is 4. The monoisotopic (exact) mass is 219 g/mol. The zero-order chi connectivity index (χ0) is 9.90. The lowest BCUT2D eigenvalue weighted by molar-refractivity contribution is 0.592. The number of sulfone groups is 1. The molecule has 1 rings (SSSR count). The molecule has 0 aliphatic carbocycles. The van der Waals surface area contributed by atoms with Crippen molar-refractivity contribution in [3.63, 3.8) is 0 Å². The van der Waals surface area contributed by atoms with Crippen molar-refractivity contribution in [2.24, 2.45) is 5.73 Å². The van der Waals surface area contributed by atoms with Crippen LogP contribution in [0.15, 0.2) is 17.5 Å². The van der Waals surface area contributed by atoms with Crippen LogP contribution in [0.5, 0.6) is 0 Å². The summed E-state index contributed by atoms with van der Waals surface area (Å²) in [5, 5.41) is 1.94. The molecule has 1 aromatic heterocycles. The summed E-state index contributed by atoms with van der Waals surface area (Å²) in [5.41, 5.74) is 5.79. The molecule has 1 unspecified atom stereocenters. The number of hydrogen-bond donors (Lipinski definition) is 1. The molecule has 3 nitrogen and oxygen atoms in total. The molecule has 1 heterocycles. The van der Waals surface area contributed by atoms with Gasteiger partial charge in [-0.15, -0.1) is 11.3 Å². The van der Waals surface area contributed by atoms with Crippen LogP contribution in [0.1, 0.15) is 17.3 Å². The van der Waals surface area contributed by atoms with Crippen molar-refractivity contribution >= 4 is 21.2 Å². The van der Waals surface area contributed by atoms with Crippen molar-refractivity contribution in [1.82, 2.24) is 0 Å². The highest BCUT2D eigenvalue weighted by atomic mass is 32.2. The first-order valence-corrected chi connectivity index (χ1v) is 6.90. The summed E-state index contributed by atoms with van der Waals surface area (Å²) in [7, 11) is -2.89. The van der Waals surface area contributed by atoms with E-state index in [-0.39, 0.29) is 11.8 Å². The molecule has 0 aliphatic rings. The van der Waals surface area contributed by atoms with Crippen molar-refractivity contribution in [2.45, 2.75) is 12.5 Å². The van der Waals surface area contributed by atoms with E-state index in [1.165, 1.54) is 6.26 Å². The van der Waals surface area contributed by atoms with Gasteiger partial charge in [0.25, 0.3) is 0 Å². The third-order valence-corrected chi connectivity index (χ3v) is 3.69. The number of hydrogen-bond acceptors (Lipinski definition) is 4. The second-order valence-electron chi connectivity index (χ2n) is 3.04. The van der Waals surface area contributed by atoms with E-state index < -0.39 is 9.84 Å². The third kappa shape index (κ3) is 3.89. The first-order chi connectivity index (χ1) is 5.99. The van der Waals surface area contributed by atoms with Gasteiger partial charge >= 0.3 is 0 Å². The molecule has 1 atom stereocenters. The van der Waals surface area contributed by atoms with Crippen LogP contribution in [0.3, 0.4) is 0 Å². The summed E-state index contributed by atoms with van der Waals surface area (Å²) in [5.74, 6) is 0.159. The topological polar surface area (TPSA) is 60.2 Å². The maximum atomic E-state index is 10.9. The van der Waals surface area contributed by atoms with Gasteiger partial charge in [0.15, 0.2) is 0 Å². The minimum Gasteiger partial charge on any atom is -0.323 e. The van der Waals surface area contributed by atoms with E-state index >= 15 is 0 Å². The van der Waals surface area contributed by atoms with Gasteiger partial charge < -0.3 is 5.73 Å². The van der Waals surface area contributed by atoms with Crippen LogP contribution in [0.25, 0.3) is 0 Å². The molecule has 0 saturated carbocycles. The van der Waals surface area contributed by atoms with Crippen LogP contribution in [0, 0.1) is 0 Å². The fourth-order valence-electron chi connectivity index (χ4n) is 0.986. The lowest BCUT2D eigenvalue weighted by Crippen LogP contribution is -2.14. The molecule has 0 bridgehead atoms. The normalized spacial score (nSPS) is 14.3. The minimum absolute atomic E-state index is 0.144. The zero-order valence-electron chi connectivity index (χ0n) is 7.43. The van der Waals surface area contributed by atoms with Crippen LogP contribution in [0.4, 0.5) is 0 Å².